The molecule has 0 radical (unpaired) electrons. The molecule has 2 rings (SSSR count). The molecule has 20 heavy (non-hydrogen) atoms. The van der Waals surface area contributed by atoms with Crippen molar-refractivity contribution in [3.63, 3.8) is 0 Å². The normalized spacial score (nSPS) is 26.8. The Morgan fingerprint density at radius 2 is 2.05 bits per heavy atom. The monoisotopic (exact) mass is 341 g/mol. The van der Waals surface area contributed by atoms with E-state index in [1.54, 1.807) is 0 Å². The Morgan fingerprint density at radius 3 is 2.65 bits per heavy atom. The summed E-state index contributed by atoms with van der Waals surface area (Å²) in [5.74, 6) is 2.61. The maximum atomic E-state index is 10.6. The molecule has 0 spiro atoms. The van der Waals surface area contributed by atoms with E-state index < -0.39 is 5.60 Å². The second kappa shape index (κ2) is 6.39. The predicted molar refractivity (Wildman–Crippen MR) is 84.9 cm³/mol. The molecule has 1 fully saturated rings. The quantitative estimate of drug-likeness (QED) is 0.819. The molecule has 0 amide bonds. The molecule has 0 aromatic carbocycles. The van der Waals surface area contributed by atoms with Gasteiger partial charge in [-0.2, -0.15) is 0 Å². The first-order valence-electron chi connectivity index (χ1n) is 7.39. The summed E-state index contributed by atoms with van der Waals surface area (Å²) in [4.78, 5) is 8.86. The summed E-state index contributed by atoms with van der Waals surface area (Å²) in [6, 6.07) is 1.86. The van der Waals surface area contributed by atoms with Crippen LogP contribution in [0, 0.1) is 5.92 Å². The van der Waals surface area contributed by atoms with Crippen molar-refractivity contribution in [1.82, 2.24) is 9.97 Å². The number of nitrogens with one attached hydrogen (secondary N) is 1. The number of aromatic nitrogens is 2. The Hall–Kier alpha value is -0.680. The summed E-state index contributed by atoms with van der Waals surface area (Å²) >= 11 is 3.41. The zero-order chi connectivity index (χ0) is 14.8. The first-order valence-corrected chi connectivity index (χ1v) is 8.18. The molecule has 1 aromatic rings. The molecular formula is C15H24BrN3O. The minimum Gasteiger partial charge on any atom is -0.388 e. The number of anilines is 1. The van der Waals surface area contributed by atoms with Gasteiger partial charge in [-0.3, -0.25) is 0 Å². The highest BCUT2D eigenvalue weighted by atomic mass is 79.9. The predicted octanol–water partition coefficient (Wildman–Crippen LogP) is 3.72. The summed E-state index contributed by atoms with van der Waals surface area (Å²) < 4.78 is 0.781. The number of halogens is 1. The van der Waals surface area contributed by atoms with E-state index in [4.69, 9.17) is 0 Å². The molecule has 1 aromatic heterocycles. The lowest BCUT2D eigenvalue weighted by Gasteiger charge is -2.35. The van der Waals surface area contributed by atoms with Crippen molar-refractivity contribution in [3.05, 3.63) is 16.5 Å². The molecule has 2 N–H and O–H groups in total. The molecule has 1 aliphatic carbocycles. The van der Waals surface area contributed by atoms with E-state index in [1.807, 2.05) is 6.07 Å². The van der Waals surface area contributed by atoms with Gasteiger partial charge in [-0.15, -0.1) is 0 Å². The van der Waals surface area contributed by atoms with Crippen LogP contribution in [0.15, 0.2) is 10.7 Å². The third-order valence-corrected chi connectivity index (χ3v) is 4.44. The third kappa shape index (κ3) is 4.16. The van der Waals surface area contributed by atoms with Crippen molar-refractivity contribution in [1.29, 1.82) is 0 Å². The van der Waals surface area contributed by atoms with Gasteiger partial charge in [0.05, 0.1) is 5.60 Å². The lowest BCUT2D eigenvalue weighted by atomic mass is 9.79. The van der Waals surface area contributed by atoms with E-state index in [1.165, 1.54) is 0 Å². The molecule has 0 saturated heterocycles. The highest BCUT2D eigenvalue weighted by Crippen LogP contribution is 2.32. The molecule has 112 valence electrons. The van der Waals surface area contributed by atoms with Crippen LogP contribution in [-0.2, 0) is 0 Å². The zero-order valence-electron chi connectivity index (χ0n) is 12.5. The van der Waals surface area contributed by atoms with E-state index in [2.05, 4.69) is 52.0 Å². The lowest BCUT2D eigenvalue weighted by molar-refractivity contribution is 0.00494. The van der Waals surface area contributed by atoms with Crippen molar-refractivity contribution >= 4 is 21.7 Å². The van der Waals surface area contributed by atoms with Gasteiger partial charge in [0, 0.05) is 18.5 Å². The summed E-state index contributed by atoms with van der Waals surface area (Å²) in [7, 11) is 0. The average Bonchev–Trinajstić information content (AvgIpc) is 2.40. The van der Waals surface area contributed by atoms with Gasteiger partial charge in [0.25, 0.3) is 0 Å². The topological polar surface area (TPSA) is 58.0 Å². The smallest absolute Gasteiger partial charge is 0.134 e. The molecule has 4 nitrogen and oxygen atoms in total. The first kappa shape index (κ1) is 15.7. The van der Waals surface area contributed by atoms with Crippen LogP contribution in [0.1, 0.15) is 58.2 Å². The molecule has 0 bridgehead atoms. The fourth-order valence-electron chi connectivity index (χ4n) is 2.52. The van der Waals surface area contributed by atoms with Crippen LogP contribution in [0.3, 0.4) is 0 Å². The third-order valence-electron chi connectivity index (χ3n) is 4.03. The molecule has 0 unspecified atom stereocenters. The minimum absolute atomic E-state index is 0.284. The highest BCUT2D eigenvalue weighted by molar-refractivity contribution is 9.10. The second-order valence-corrected chi connectivity index (χ2v) is 7.16. The lowest BCUT2D eigenvalue weighted by Crippen LogP contribution is -2.40. The summed E-state index contributed by atoms with van der Waals surface area (Å²) in [6.45, 7) is 6.95. The SMILES string of the molecule is CC1CCC(O)(CNc2cc(Br)nc(C(C)C)n2)CC1. The van der Waals surface area contributed by atoms with Crippen LogP contribution in [0.5, 0.6) is 0 Å². The Morgan fingerprint density at radius 1 is 1.40 bits per heavy atom. The van der Waals surface area contributed by atoms with E-state index in [0.29, 0.717) is 6.54 Å². The molecule has 1 heterocycles. The van der Waals surface area contributed by atoms with Gasteiger partial charge >= 0.3 is 0 Å². The van der Waals surface area contributed by atoms with Gasteiger partial charge in [0.15, 0.2) is 0 Å². The van der Waals surface area contributed by atoms with Crippen LogP contribution < -0.4 is 5.32 Å². The van der Waals surface area contributed by atoms with Crippen LogP contribution in [0.4, 0.5) is 5.82 Å². The Balaban J connectivity index is 2.00. The van der Waals surface area contributed by atoms with Crippen molar-refractivity contribution in [2.75, 3.05) is 11.9 Å². The van der Waals surface area contributed by atoms with Crippen molar-refractivity contribution in [2.24, 2.45) is 5.92 Å². The molecule has 0 atom stereocenters. The minimum atomic E-state index is -0.595. The van der Waals surface area contributed by atoms with Crippen LogP contribution in [0.25, 0.3) is 0 Å². The van der Waals surface area contributed by atoms with Crippen LogP contribution >= 0.6 is 15.9 Å². The van der Waals surface area contributed by atoms with Crippen molar-refractivity contribution < 1.29 is 5.11 Å². The Bertz CT molecular complexity index is 456. The largest absolute Gasteiger partial charge is 0.388 e. The van der Waals surface area contributed by atoms with E-state index in [0.717, 1.165) is 47.8 Å². The fourth-order valence-corrected chi connectivity index (χ4v) is 2.91. The van der Waals surface area contributed by atoms with Crippen molar-refractivity contribution in [2.45, 2.75) is 58.0 Å². The fraction of sp³-hybridized carbons (Fsp3) is 0.733. The Kier molecular flexibility index (Phi) is 5.02. The van der Waals surface area contributed by atoms with Gasteiger partial charge in [0.1, 0.15) is 16.2 Å². The van der Waals surface area contributed by atoms with Gasteiger partial charge in [-0.1, -0.05) is 20.8 Å². The molecule has 5 heteroatoms. The van der Waals surface area contributed by atoms with E-state index >= 15 is 0 Å². The average molecular weight is 342 g/mol. The number of hydrogen-bond donors (Lipinski definition) is 2. The van der Waals surface area contributed by atoms with E-state index in [9.17, 15) is 5.11 Å². The number of rotatable bonds is 4. The zero-order valence-corrected chi connectivity index (χ0v) is 14.1. The maximum absolute atomic E-state index is 10.6. The number of hydrogen-bond acceptors (Lipinski definition) is 4. The molecule has 0 aliphatic heterocycles. The molecule has 1 saturated carbocycles. The number of aliphatic hydroxyl groups is 1. The summed E-state index contributed by atoms with van der Waals surface area (Å²) in [5, 5.41) is 13.9. The molecular weight excluding hydrogens is 318 g/mol. The highest BCUT2D eigenvalue weighted by Gasteiger charge is 2.31. The Labute approximate surface area is 129 Å². The second-order valence-electron chi connectivity index (χ2n) is 6.35. The van der Waals surface area contributed by atoms with Crippen LogP contribution in [0.2, 0.25) is 0 Å². The van der Waals surface area contributed by atoms with Crippen molar-refractivity contribution in [3.8, 4) is 0 Å². The van der Waals surface area contributed by atoms with E-state index in [-0.39, 0.29) is 5.92 Å². The molecule has 1 aliphatic rings. The summed E-state index contributed by atoms with van der Waals surface area (Å²) in [6.07, 6.45) is 3.93. The van der Waals surface area contributed by atoms with Gasteiger partial charge in [-0.25, -0.2) is 9.97 Å². The van der Waals surface area contributed by atoms with Crippen LogP contribution in [-0.4, -0.2) is 27.2 Å². The summed E-state index contributed by atoms with van der Waals surface area (Å²) in [5.41, 5.74) is -0.595. The standard InChI is InChI=1S/C15H24BrN3O/c1-10(2)14-18-12(16)8-13(19-14)17-9-15(20)6-4-11(3)5-7-15/h8,10-11,20H,4-7,9H2,1-3H3,(H,17,18,19). The van der Waals surface area contributed by atoms with Gasteiger partial charge < -0.3 is 10.4 Å². The number of nitrogens with zero attached hydrogens (tertiary/aromatic N) is 2. The van der Waals surface area contributed by atoms with Gasteiger partial charge in [-0.05, 0) is 47.5 Å². The maximum Gasteiger partial charge on any atom is 0.134 e. The van der Waals surface area contributed by atoms with Gasteiger partial charge in [0.2, 0.25) is 0 Å². The first-order chi connectivity index (χ1) is 9.38.